The Hall–Kier alpha value is -2.14. The van der Waals surface area contributed by atoms with E-state index in [1.807, 2.05) is 38.1 Å². The summed E-state index contributed by atoms with van der Waals surface area (Å²) in [6, 6.07) is 7.05. The molecule has 2 aromatic rings. The summed E-state index contributed by atoms with van der Waals surface area (Å²) in [5.41, 5.74) is 7.91. The number of nitrogens with two attached hydrogens (primary N) is 1. The molecule has 0 saturated carbocycles. The van der Waals surface area contributed by atoms with E-state index in [9.17, 15) is 9.59 Å². The molecule has 1 aliphatic rings. The van der Waals surface area contributed by atoms with Crippen LogP contribution in [0.3, 0.4) is 0 Å². The fourth-order valence-corrected chi connectivity index (χ4v) is 2.98. The van der Waals surface area contributed by atoms with Gasteiger partial charge in [0.25, 0.3) is 5.56 Å². The van der Waals surface area contributed by atoms with Crippen molar-refractivity contribution in [2.75, 3.05) is 6.54 Å². The maximum absolute atomic E-state index is 12.5. The first-order valence-electron chi connectivity index (χ1n) is 7.66. The summed E-state index contributed by atoms with van der Waals surface area (Å²) < 4.78 is 0. The van der Waals surface area contributed by atoms with Gasteiger partial charge in [0, 0.05) is 30.6 Å². The zero-order valence-electron chi connectivity index (χ0n) is 12.9. The van der Waals surface area contributed by atoms with Crippen molar-refractivity contribution < 1.29 is 4.79 Å². The maximum atomic E-state index is 12.5. The lowest BCUT2D eigenvalue weighted by Gasteiger charge is -2.32. The van der Waals surface area contributed by atoms with E-state index >= 15 is 0 Å². The smallest absolute Gasteiger partial charge is 0.256 e. The molecule has 3 N–H and O–H groups in total. The zero-order valence-corrected chi connectivity index (χ0v) is 12.9. The predicted molar refractivity (Wildman–Crippen MR) is 86.5 cm³/mol. The van der Waals surface area contributed by atoms with E-state index < -0.39 is 6.04 Å². The highest BCUT2D eigenvalue weighted by Gasteiger charge is 2.28. The molecule has 0 saturated heterocycles. The second-order valence-corrected chi connectivity index (χ2v) is 6.24. The standard InChI is InChI=1S/C17H21N3O2/c1-10(2)15(18)17(22)20-8-7-14-13(9-20)11-5-3-4-6-12(11)16(21)19-14/h3-6,10,15H,7-9,18H2,1-2H3,(H,19,21)/t15-/m1/s1. The van der Waals surface area contributed by atoms with Gasteiger partial charge in [-0.25, -0.2) is 0 Å². The molecule has 3 rings (SSSR count). The third kappa shape index (κ3) is 2.41. The van der Waals surface area contributed by atoms with Crippen LogP contribution in [-0.2, 0) is 17.8 Å². The van der Waals surface area contributed by atoms with Crippen LogP contribution in [0.15, 0.2) is 29.1 Å². The monoisotopic (exact) mass is 299 g/mol. The topological polar surface area (TPSA) is 79.2 Å². The number of carbonyl (C=O) groups excluding carboxylic acids is 1. The summed E-state index contributed by atoms with van der Waals surface area (Å²) in [6.45, 7) is 5.01. The number of benzene rings is 1. The van der Waals surface area contributed by atoms with Gasteiger partial charge in [0.2, 0.25) is 5.91 Å². The second-order valence-electron chi connectivity index (χ2n) is 6.24. The average molecular weight is 299 g/mol. The lowest BCUT2D eigenvalue weighted by Crippen LogP contribution is -2.48. The van der Waals surface area contributed by atoms with Crippen LogP contribution >= 0.6 is 0 Å². The van der Waals surface area contributed by atoms with Gasteiger partial charge in [-0.2, -0.15) is 0 Å². The molecule has 2 heterocycles. The van der Waals surface area contributed by atoms with Crippen molar-refractivity contribution in [1.29, 1.82) is 0 Å². The number of aromatic nitrogens is 1. The number of nitrogens with zero attached hydrogens (tertiary/aromatic N) is 1. The van der Waals surface area contributed by atoms with Crippen molar-refractivity contribution in [2.24, 2.45) is 11.7 Å². The molecule has 1 aromatic heterocycles. The molecule has 0 fully saturated rings. The van der Waals surface area contributed by atoms with Gasteiger partial charge in [0.15, 0.2) is 0 Å². The fourth-order valence-electron chi connectivity index (χ4n) is 2.98. The SMILES string of the molecule is CC(C)[C@@H](N)C(=O)N1CCc2[nH]c(=O)c3ccccc3c2C1. The van der Waals surface area contributed by atoms with Crippen molar-refractivity contribution in [3.63, 3.8) is 0 Å². The quantitative estimate of drug-likeness (QED) is 0.879. The molecular formula is C17H21N3O2. The van der Waals surface area contributed by atoms with Crippen molar-refractivity contribution in [3.8, 4) is 0 Å². The Morgan fingerprint density at radius 1 is 1.27 bits per heavy atom. The van der Waals surface area contributed by atoms with Crippen LogP contribution in [0.25, 0.3) is 10.8 Å². The number of hydrogen-bond acceptors (Lipinski definition) is 3. The number of aromatic amines is 1. The Labute approximate surface area is 129 Å². The van der Waals surface area contributed by atoms with Gasteiger partial charge in [-0.1, -0.05) is 32.0 Å². The molecule has 22 heavy (non-hydrogen) atoms. The van der Waals surface area contributed by atoms with Crippen molar-refractivity contribution in [3.05, 3.63) is 45.9 Å². The predicted octanol–water partition coefficient (Wildman–Crippen LogP) is 1.40. The molecule has 5 nitrogen and oxygen atoms in total. The number of pyridine rings is 1. The summed E-state index contributed by atoms with van der Waals surface area (Å²) in [4.78, 5) is 29.3. The number of hydrogen-bond donors (Lipinski definition) is 2. The average Bonchev–Trinajstić information content (AvgIpc) is 2.53. The highest BCUT2D eigenvalue weighted by molar-refractivity contribution is 5.87. The van der Waals surface area contributed by atoms with E-state index in [0.29, 0.717) is 24.9 Å². The van der Waals surface area contributed by atoms with Gasteiger partial charge in [-0.3, -0.25) is 9.59 Å². The van der Waals surface area contributed by atoms with E-state index in [1.54, 1.807) is 4.90 Å². The van der Waals surface area contributed by atoms with Gasteiger partial charge >= 0.3 is 0 Å². The molecule has 5 heteroatoms. The molecule has 116 valence electrons. The summed E-state index contributed by atoms with van der Waals surface area (Å²) in [7, 11) is 0. The lowest BCUT2D eigenvalue weighted by atomic mass is 9.97. The normalized spacial score (nSPS) is 15.9. The van der Waals surface area contributed by atoms with Crippen molar-refractivity contribution >= 4 is 16.7 Å². The minimum Gasteiger partial charge on any atom is -0.337 e. The minimum atomic E-state index is -0.476. The number of H-pyrrole nitrogens is 1. The van der Waals surface area contributed by atoms with Gasteiger partial charge in [-0.15, -0.1) is 0 Å². The molecular weight excluding hydrogens is 278 g/mol. The van der Waals surface area contributed by atoms with E-state index in [1.165, 1.54) is 0 Å². The van der Waals surface area contributed by atoms with Crippen LogP contribution in [-0.4, -0.2) is 28.4 Å². The molecule has 1 atom stereocenters. The largest absolute Gasteiger partial charge is 0.337 e. The Morgan fingerprint density at radius 2 is 1.95 bits per heavy atom. The van der Waals surface area contributed by atoms with Crippen molar-refractivity contribution in [2.45, 2.75) is 32.9 Å². The first kappa shape index (κ1) is 14.8. The molecule has 0 unspecified atom stereocenters. The van der Waals surface area contributed by atoms with Crippen LogP contribution in [0.5, 0.6) is 0 Å². The first-order chi connectivity index (χ1) is 10.5. The highest BCUT2D eigenvalue weighted by Crippen LogP contribution is 2.24. The van der Waals surface area contributed by atoms with Gasteiger partial charge in [0.05, 0.1) is 6.04 Å². The Morgan fingerprint density at radius 3 is 2.64 bits per heavy atom. The van der Waals surface area contributed by atoms with Crippen LogP contribution in [0, 0.1) is 5.92 Å². The number of carbonyl (C=O) groups is 1. The number of fused-ring (bicyclic) bond motifs is 3. The van der Waals surface area contributed by atoms with Gasteiger partial charge in [0.1, 0.15) is 0 Å². The van der Waals surface area contributed by atoms with E-state index in [0.717, 1.165) is 16.6 Å². The maximum Gasteiger partial charge on any atom is 0.256 e. The Bertz CT molecular complexity index is 779. The molecule has 0 spiro atoms. The molecule has 0 radical (unpaired) electrons. The van der Waals surface area contributed by atoms with Crippen LogP contribution in [0.4, 0.5) is 0 Å². The fraction of sp³-hybridized carbons (Fsp3) is 0.412. The Balaban J connectivity index is 2.01. The van der Waals surface area contributed by atoms with Crippen LogP contribution < -0.4 is 11.3 Å². The van der Waals surface area contributed by atoms with Gasteiger partial charge in [-0.05, 0) is 22.9 Å². The third-order valence-corrected chi connectivity index (χ3v) is 4.42. The zero-order chi connectivity index (χ0) is 15.9. The number of rotatable bonds is 2. The summed E-state index contributed by atoms with van der Waals surface area (Å²) >= 11 is 0. The third-order valence-electron chi connectivity index (χ3n) is 4.42. The second kappa shape index (κ2) is 5.57. The van der Waals surface area contributed by atoms with E-state index in [4.69, 9.17) is 5.73 Å². The minimum absolute atomic E-state index is 0.0177. The van der Waals surface area contributed by atoms with E-state index in [2.05, 4.69) is 4.98 Å². The number of amides is 1. The molecule has 1 amide bonds. The summed E-state index contributed by atoms with van der Waals surface area (Å²) in [5.74, 6) is 0.0946. The van der Waals surface area contributed by atoms with Crippen LogP contribution in [0.1, 0.15) is 25.1 Å². The molecule has 1 aliphatic heterocycles. The van der Waals surface area contributed by atoms with Gasteiger partial charge < -0.3 is 15.6 Å². The van der Waals surface area contributed by atoms with Crippen LogP contribution in [0.2, 0.25) is 0 Å². The molecule has 1 aromatic carbocycles. The highest BCUT2D eigenvalue weighted by atomic mass is 16.2. The molecule has 0 aliphatic carbocycles. The number of nitrogens with one attached hydrogen (secondary N) is 1. The summed E-state index contributed by atoms with van der Waals surface area (Å²) in [5, 5.41) is 1.60. The van der Waals surface area contributed by atoms with E-state index in [-0.39, 0.29) is 17.4 Å². The summed E-state index contributed by atoms with van der Waals surface area (Å²) in [6.07, 6.45) is 0.659. The lowest BCUT2D eigenvalue weighted by molar-refractivity contribution is -0.134. The molecule has 0 bridgehead atoms. The van der Waals surface area contributed by atoms with Crippen molar-refractivity contribution in [1.82, 2.24) is 9.88 Å². The Kier molecular flexibility index (Phi) is 3.74. The first-order valence-corrected chi connectivity index (χ1v) is 7.66.